The first kappa shape index (κ1) is 74.6. The van der Waals surface area contributed by atoms with Crippen molar-refractivity contribution < 1.29 is 78.3 Å². The van der Waals surface area contributed by atoms with Crippen molar-refractivity contribution in [3.8, 4) is 11.5 Å². The number of amides is 10. The highest BCUT2D eigenvalue weighted by Gasteiger charge is 2.38. The van der Waals surface area contributed by atoms with Crippen molar-refractivity contribution >= 4 is 82.8 Å². The van der Waals surface area contributed by atoms with Crippen molar-refractivity contribution in [3.63, 3.8) is 0 Å². The summed E-state index contributed by atoms with van der Waals surface area (Å²) in [6, 6.07) is 13.3. The van der Waals surface area contributed by atoms with Crippen molar-refractivity contribution in [2.24, 2.45) is 27.9 Å². The highest BCUT2D eigenvalue weighted by atomic mass is 32.2. The molecule has 4 aromatic carbocycles. The van der Waals surface area contributed by atoms with Gasteiger partial charge in [-0.3, -0.25) is 52.9 Å². The standard InChI is InChI=1S/C61H82N14O16S/c1-33(76)50(58(88)72-46(30-38-18-22-40(79)23-19-38)56(86)70-44(29-37-16-20-39(78)21-17-37)54(84)69-42(24-26-92-3)52(82)73-47(60(90)91)31-48(63)80)74-53(83)41(15-10-25-66-61(64)65)68-55(85)45(28-36-13-8-5-9-14-36)71-59(89)51(34(2)77)75-57(87)43(67-49(81)32-62)27-35-11-6-4-7-12-35/h4-9,11-14,16-23,33-34,41-47,50-51,76-79H,10,15,24-32,62H2,1-3H3,(H2,63,80)(H,67,81)(H,68,85)(H,69,84)(H,70,86)(H,71,89)(H,72,88)(H,73,82)(H,74,83)(H,75,87)(H,90,91)(H4,64,65,66)/t33-,34-,41+,42+,43+,44+,45+,46+,47+,50+,51+/m1/s1. The zero-order valence-corrected chi connectivity index (χ0v) is 51.7. The maximum absolute atomic E-state index is 14.7. The lowest BCUT2D eigenvalue weighted by atomic mass is 10.0. The van der Waals surface area contributed by atoms with Crippen molar-refractivity contribution in [1.29, 1.82) is 0 Å². The number of phenolic OH excluding ortho intramolecular Hbond substituents is 2. The van der Waals surface area contributed by atoms with E-state index in [0.29, 0.717) is 22.3 Å². The second-order valence-corrected chi connectivity index (χ2v) is 22.5. The SMILES string of the molecule is CSCC[C@H](NC(=O)[C@H](Cc1ccc(O)cc1)NC(=O)[C@H](Cc1ccc(O)cc1)NC(=O)[C@@H](NC(=O)[C@H](CCCN=C(N)N)NC(=O)[C@H](Cc1ccccc1)NC(=O)[C@@H](NC(=O)[C@H](Cc1ccccc1)NC(=O)CN)[C@@H](C)O)[C@@H](C)O)C(=O)N[C@@H](CC(N)=O)C(=O)O. The first-order chi connectivity index (χ1) is 43.7. The summed E-state index contributed by atoms with van der Waals surface area (Å²) < 4.78 is 0. The minimum Gasteiger partial charge on any atom is -0.508 e. The van der Waals surface area contributed by atoms with E-state index >= 15 is 0 Å². The van der Waals surface area contributed by atoms with Crippen molar-refractivity contribution in [3.05, 3.63) is 131 Å². The number of carbonyl (C=O) groups excluding carboxylic acids is 10. The van der Waals surface area contributed by atoms with E-state index in [2.05, 4.69) is 52.8 Å². The Hall–Kier alpha value is -9.85. The Morgan fingerprint density at radius 2 is 0.793 bits per heavy atom. The van der Waals surface area contributed by atoms with Crippen LogP contribution >= 0.6 is 11.8 Å². The van der Waals surface area contributed by atoms with Crippen LogP contribution in [0.1, 0.15) is 61.8 Å². The predicted octanol–water partition coefficient (Wildman–Crippen LogP) is -3.78. The third-order valence-electron chi connectivity index (χ3n) is 14.0. The number of hydrogen-bond donors (Lipinski definition) is 18. The van der Waals surface area contributed by atoms with Crippen LogP contribution in [-0.4, -0.2) is 188 Å². The van der Waals surface area contributed by atoms with Crippen LogP contribution in [0, 0.1) is 0 Å². The van der Waals surface area contributed by atoms with Crippen LogP contribution in [0.2, 0.25) is 0 Å². The topological polar surface area (TPSA) is 514 Å². The number of aliphatic carboxylic acids is 1. The molecule has 0 saturated heterocycles. The van der Waals surface area contributed by atoms with Gasteiger partial charge in [-0.1, -0.05) is 84.9 Å². The van der Waals surface area contributed by atoms with E-state index in [9.17, 15) is 78.3 Å². The van der Waals surface area contributed by atoms with Crippen LogP contribution in [0.15, 0.2) is 114 Å². The summed E-state index contributed by atoms with van der Waals surface area (Å²) in [5.41, 5.74) is 23.7. The van der Waals surface area contributed by atoms with Crippen LogP contribution in [0.5, 0.6) is 11.5 Å². The number of aromatic hydroxyl groups is 2. The molecule has 22 N–H and O–H groups in total. The number of aliphatic hydroxyl groups excluding tert-OH is 2. The number of nitrogens with zero attached hydrogens (tertiary/aromatic N) is 1. The van der Waals surface area contributed by atoms with Gasteiger partial charge in [-0.25, -0.2) is 4.79 Å². The number of carboxylic acids is 1. The van der Waals surface area contributed by atoms with Crippen LogP contribution in [-0.2, 0) is 78.4 Å². The van der Waals surface area contributed by atoms with E-state index in [4.69, 9.17) is 22.9 Å². The Balaban J connectivity index is 1.68. The lowest BCUT2D eigenvalue weighted by molar-refractivity contribution is -0.143. The van der Waals surface area contributed by atoms with Gasteiger partial charge in [0, 0.05) is 32.2 Å². The normalized spacial score (nSPS) is 14.5. The monoisotopic (exact) mass is 1300 g/mol. The summed E-state index contributed by atoms with van der Waals surface area (Å²) in [5, 5.41) is 74.4. The molecule has 31 heteroatoms. The zero-order chi connectivity index (χ0) is 68.0. The summed E-state index contributed by atoms with van der Waals surface area (Å²) in [6.07, 6.45) is -3.66. The third-order valence-corrected chi connectivity index (χ3v) is 14.7. The average molecular weight is 1300 g/mol. The maximum atomic E-state index is 14.7. The second-order valence-electron chi connectivity index (χ2n) is 21.5. The van der Waals surface area contributed by atoms with Gasteiger partial charge in [0.25, 0.3) is 0 Å². The van der Waals surface area contributed by atoms with E-state index in [1.807, 2.05) is 0 Å². The molecule has 0 heterocycles. The zero-order valence-electron chi connectivity index (χ0n) is 50.9. The van der Waals surface area contributed by atoms with Gasteiger partial charge in [-0.2, -0.15) is 11.8 Å². The van der Waals surface area contributed by atoms with Gasteiger partial charge >= 0.3 is 5.97 Å². The summed E-state index contributed by atoms with van der Waals surface area (Å²) in [7, 11) is 0. The molecule has 10 amide bonds. The Labute approximate surface area is 534 Å². The molecule has 11 atom stereocenters. The quantitative estimate of drug-likeness (QED) is 0.0116. The summed E-state index contributed by atoms with van der Waals surface area (Å²) in [4.78, 5) is 155. The number of aliphatic hydroxyl groups is 2. The molecule has 0 unspecified atom stereocenters. The third kappa shape index (κ3) is 25.9. The Bertz CT molecular complexity index is 3160. The highest BCUT2D eigenvalue weighted by molar-refractivity contribution is 7.98. The van der Waals surface area contributed by atoms with E-state index < -0.39 is 145 Å². The van der Waals surface area contributed by atoms with Crippen LogP contribution in [0.25, 0.3) is 0 Å². The summed E-state index contributed by atoms with van der Waals surface area (Å²) in [6.45, 7) is 1.80. The molecule has 0 spiro atoms. The molecule has 0 fully saturated rings. The van der Waals surface area contributed by atoms with E-state index in [1.54, 1.807) is 66.9 Å². The number of nitrogens with two attached hydrogens (primary N) is 4. The van der Waals surface area contributed by atoms with E-state index in [1.165, 1.54) is 67.2 Å². The molecular formula is C61H82N14O16S. The molecule has 0 aromatic heterocycles. The molecule has 0 bridgehead atoms. The lowest BCUT2D eigenvalue weighted by Crippen LogP contribution is -2.63. The largest absolute Gasteiger partial charge is 0.508 e. The van der Waals surface area contributed by atoms with Gasteiger partial charge in [-0.05, 0) is 91.6 Å². The van der Waals surface area contributed by atoms with Gasteiger partial charge < -0.3 is 96.3 Å². The molecule has 30 nitrogen and oxygen atoms in total. The van der Waals surface area contributed by atoms with Gasteiger partial charge in [0.2, 0.25) is 59.1 Å². The first-order valence-corrected chi connectivity index (χ1v) is 30.5. The number of aliphatic imine (C=N–C) groups is 1. The fourth-order valence-electron chi connectivity index (χ4n) is 9.13. The average Bonchev–Trinajstić information content (AvgIpc) is 1.28. The number of phenols is 2. The molecule has 0 saturated carbocycles. The van der Waals surface area contributed by atoms with Gasteiger partial charge in [0.1, 0.15) is 65.9 Å². The fraction of sp³-hybridized carbons (Fsp3) is 0.410. The highest BCUT2D eigenvalue weighted by Crippen LogP contribution is 2.16. The summed E-state index contributed by atoms with van der Waals surface area (Å²) >= 11 is 1.28. The van der Waals surface area contributed by atoms with E-state index in [-0.39, 0.29) is 74.7 Å². The summed E-state index contributed by atoms with van der Waals surface area (Å²) in [5.74, 6) is -11.9. The molecule has 498 valence electrons. The molecule has 0 aliphatic carbocycles. The minimum atomic E-state index is -1.92. The molecule has 0 aliphatic rings. The minimum absolute atomic E-state index is 0.00733. The molecule has 4 rings (SSSR count). The van der Waals surface area contributed by atoms with Crippen molar-refractivity contribution in [1.82, 2.24) is 47.9 Å². The smallest absolute Gasteiger partial charge is 0.326 e. The number of nitrogens with one attached hydrogen (secondary N) is 9. The maximum Gasteiger partial charge on any atom is 0.326 e. The number of benzene rings is 4. The lowest BCUT2D eigenvalue weighted by Gasteiger charge is -2.29. The number of rotatable bonds is 38. The Morgan fingerprint density at radius 3 is 1.16 bits per heavy atom. The number of carboxylic acid groups (broad SMARTS) is 1. The van der Waals surface area contributed by atoms with E-state index in [0.717, 1.165) is 6.92 Å². The van der Waals surface area contributed by atoms with Crippen LogP contribution in [0.4, 0.5) is 0 Å². The Morgan fingerprint density at radius 1 is 0.457 bits per heavy atom. The van der Waals surface area contributed by atoms with Crippen LogP contribution in [0.3, 0.4) is 0 Å². The van der Waals surface area contributed by atoms with Gasteiger partial charge in [0.15, 0.2) is 5.96 Å². The predicted molar refractivity (Wildman–Crippen MR) is 338 cm³/mol. The number of hydrogen-bond acceptors (Lipinski definition) is 18. The molecular weight excluding hydrogens is 1220 g/mol. The molecule has 92 heavy (non-hydrogen) atoms. The van der Waals surface area contributed by atoms with Crippen molar-refractivity contribution in [2.45, 2.75) is 132 Å². The number of carbonyl (C=O) groups is 11. The number of thioether (sulfide) groups is 1. The molecule has 0 radical (unpaired) electrons. The van der Waals surface area contributed by atoms with Crippen molar-refractivity contribution in [2.75, 3.05) is 25.1 Å². The molecule has 4 aromatic rings. The van der Waals surface area contributed by atoms with Gasteiger partial charge in [0.05, 0.1) is 25.2 Å². The first-order valence-electron chi connectivity index (χ1n) is 29.2. The fourth-order valence-corrected chi connectivity index (χ4v) is 9.61. The van der Waals surface area contributed by atoms with Gasteiger partial charge in [-0.15, -0.1) is 0 Å². The second kappa shape index (κ2) is 38.0. The number of primary amides is 1. The van der Waals surface area contributed by atoms with Crippen LogP contribution < -0.4 is 70.8 Å². The molecule has 0 aliphatic heterocycles. The number of guanidine groups is 1. The Kier molecular flexibility index (Phi) is 30.8.